The molecule has 0 saturated carbocycles. The lowest BCUT2D eigenvalue weighted by Crippen LogP contribution is -2.46. The standard InChI is InChI=1S/C31H57N2O7P/c1-3-5-7-9-11-13-15-16-18-20-22-28(34)26-31(36)33-29(27-40-41(37,38)39-25-24-32)30(35)23-21-19-17-14-12-10-8-6-4-2/h4,6,11-14,21,23,28-30,34-35H,3,5,7-10,15-20,22,24-27,32H2,1-2H3,(H,33,36)(H,37,38)/b6-4+,13-11-,14-12+,23-21+. The summed E-state index contributed by atoms with van der Waals surface area (Å²) in [6.45, 7) is 3.60. The monoisotopic (exact) mass is 600 g/mol. The van der Waals surface area contributed by atoms with Gasteiger partial charge >= 0.3 is 7.82 Å². The van der Waals surface area contributed by atoms with Gasteiger partial charge in [-0.1, -0.05) is 81.2 Å². The number of hydrogen-bond acceptors (Lipinski definition) is 7. The number of phosphoric acid groups is 1. The number of amides is 1. The molecule has 0 aliphatic heterocycles. The van der Waals surface area contributed by atoms with Crippen molar-refractivity contribution in [1.82, 2.24) is 5.32 Å². The minimum Gasteiger partial charge on any atom is -0.393 e. The second-order valence-corrected chi connectivity index (χ2v) is 11.6. The van der Waals surface area contributed by atoms with E-state index in [0.29, 0.717) is 12.8 Å². The van der Waals surface area contributed by atoms with Crippen molar-refractivity contribution in [3.05, 3.63) is 48.6 Å². The number of hydrogen-bond donors (Lipinski definition) is 5. The summed E-state index contributed by atoms with van der Waals surface area (Å²) >= 11 is 0. The van der Waals surface area contributed by atoms with E-state index < -0.39 is 38.6 Å². The van der Waals surface area contributed by atoms with E-state index in [0.717, 1.165) is 51.4 Å². The number of rotatable bonds is 27. The Labute approximate surface area is 248 Å². The van der Waals surface area contributed by atoms with E-state index in [4.69, 9.17) is 14.8 Å². The molecule has 0 aromatic heterocycles. The van der Waals surface area contributed by atoms with Gasteiger partial charge in [0.1, 0.15) is 0 Å². The third-order valence-electron chi connectivity index (χ3n) is 6.25. The zero-order chi connectivity index (χ0) is 30.6. The molecule has 0 bridgehead atoms. The molecule has 0 saturated heterocycles. The lowest BCUT2D eigenvalue weighted by molar-refractivity contribution is -0.124. The van der Waals surface area contributed by atoms with Crippen molar-refractivity contribution in [2.75, 3.05) is 19.8 Å². The first-order valence-corrected chi connectivity index (χ1v) is 16.8. The maximum atomic E-state index is 12.6. The van der Waals surface area contributed by atoms with Gasteiger partial charge < -0.3 is 26.2 Å². The lowest BCUT2D eigenvalue weighted by atomic mass is 10.1. The number of aliphatic hydroxyl groups is 2. The van der Waals surface area contributed by atoms with Gasteiger partial charge in [-0.05, 0) is 64.7 Å². The van der Waals surface area contributed by atoms with E-state index in [1.54, 1.807) is 6.08 Å². The van der Waals surface area contributed by atoms with Crippen molar-refractivity contribution in [2.45, 2.75) is 122 Å². The number of carbonyl (C=O) groups excluding carboxylic acids is 1. The molecular weight excluding hydrogens is 543 g/mol. The molecule has 0 aromatic rings. The van der Waals surface area contributed by atoms with Gasteiger partial charge in [0.15, 0.2) is 0 Å². The maximum Gasteiger partial charge on any atom is 0.472 e. The topological polar surface area (TPSA) is 151 Å². The van der Waals surface area contributed by atoms with Crippen LogP contribution in [0.5, 0.6) is 0 Å². The summed E-state index contributed by atoms with van der Waals surface area (Å²) in [6, 6.07) is -1.01. The molecule has 0 fully saturated rings. The number of unbranched alkanes of at least 4 members (excludes halogenated alkanes) is 8. The summed E-state index contributed by atoms with van der Waals surface area (Å²) in [6.07, 6.45) is 26.6. The molecule has 0 aliphatic rings. The highest BCUT2D eigenvalue weighted by Crippen LogP contribution is 2.43. The quantitative estimate of drug-likeness (QED) is 0.0437. The van der Waals surface area contributed by atoms with Crippen molar-refractivity contribution in [3.63, 3.8) is 0 Å². The first-order valence-electron chi connectivity index (χ1n) is 15.3. The molecule has 0 heterocycles. The Bertz CT molecular complexity index is 801. The summed E-state index contributed by atoms with van der Waals surface area (Å²) in [7, 11) is -4.39. The van der Waals surface area contributed by atoms with Crippen molar-refractivity contribution in [1.29, 1.82) is 0 Å². The Balaban J connectivity index is 4.67. The summed E-state index contributed by atoms with van der Waals surface area (Å²) < 4.78 is 21.8. The zero-order valence-electron chi connectivity index (χ0n) is 25.4. The van der Waals surface area contributed by atoms with E-state index in [-0.39, 0.29) is 19.6 Å². The lowest BCUT2D eigenvalue weighted by Gasteiger charge is -2.24. The Morgan fingerprint density at radius 3 is 2.12 bits per heavy atom. The highest BCUT2D eigenvalue weighted by molar-refractivity contribution is 7.47. The number of carbonyl (C=O) groups is 1. The SMILES string of the molecule is C/C=C/CC/C=C/CC/C=C/C(O)C(COP(=O)(O)OCCN)NC(=O)CC(O)CCCCC/C=C\CCCCC. The van der Waals surface area contributed by atoms with Crippen LogP contribution in [0.1, 0.15) is 104 Å². The normalized spacial score (nSPS) is 16.1. The van der Waals surface area contributed by atoms with E-state index in [1.165, 1.54) is 25.3 Å². The van der Waals surface area contributed by atoms with Crippen LogP contribution >= 0.6 is 7.82 Å². The third-order valence-corrected chi connectivity index (χ3v) is 7.24. The highest BCUT2D eigenvalue weighted by atomic mass is 31.2. The molecule has 0 spiro atoms. The zero-order valence-corrected chi connectivity index (χ0v) is 26.3. The van der Waals surface area contributed by atoms with Gasteiger partial charge in [0.2, 0.25) is 5.91 Å². The van der Waals surface area contributed by atoms with Crippen LogP contribution in [0.15, 0.2) is 48.6 Å². The van der Waals surface area contributed by atoms with Crippen molar-refractivity contribution in [2.24, 2.45) is 5.73 Å². The average Bonchev–Trinajstić information content (AvgIpc) is 2.94. The summed E-state index contributed by atoms with van der Waals surface area (Å²) in [4.78, 5) is 22.4. The van der Waals surface area contributed by atoms with Crippen molar-refractivity contribution < 1.29 is 33.5 Å². The van der Waals surface area contributed by atoms with Crippen molar-refractivity contribution in [3.8, 4) is 0 Å². The molecule has 4 unspecified atom stereocenters. The first-order chi connectivity index (χ1) is 19.8. The molecule has 0 radical (unpaired) electrons. The van der Waals surface area contributed by atoms with E-state index in [9.17, 15) is 24.5 Å². The molecule has 9 nitrogen and oxygen atoms in total. The van der Waals surface area contributed by atoms with Gasteiger partial charge in [0, 0.05) is 6.54 Å². The number of phosphoric ester groups is 1. The molecule has 0 aromatic carbocycles. The number of allylic oxidation sites excluding steroid dienone is 7. The Kier molecular flexibility index (Phi) is 26.2. The molecule has 41 heavy (non-hydrogen) atoms. The Morgan fingerprint density at radius 1 is 0.878 bits per heavy atom. The number of aliphatic hydroxyl groups excluding tert-OH is 2. The smallest absolute Gasteiger partial charge is 0.393 e. The van der Waals surface area contributed by atoms with E-state index in [2.05, 4.69) is 42.6 Å². The fourth-order valence-electron chi connectivity index (χ4n) is 3.91. The van der Waals surface area contributed by atoms with Crippen LogP contribution in [0.25, 0.3) is 0 Å². The summed E-state index contributed by atoms with van der Waals surface area (Å²) in [5.74, 6) is -0.478. The Morgan fingerprint density at radius 2 is 1.49 bits per heavy atom. The van der Waals surface area contributed by atoms with Crippen LogP contribution in [0.3, 0.4) is 0 Å². The van der Waals surface area contributed by atoms with E-state index >= 15 is 0 Å². The van der Waals surface area contributed by atoms with Gasteiger partial charge in [0.25, 0.3) is 0 Å². The third kappa shape index (κ3) is 25.8. The fourth-order valence-corrected chi connectivity index (χ4v) is 4.67. The molecular formula is C31H57N2O7P. The van der Waals surface area contributed by atoms with Crippen molar-refractivity contribution >= 4 is 13.7 Å². The molecule has 4 atom stereocenters. The van der Waals surface area contributed by atoms with Crippen LogP contribution in [0, 0.1) is 0 Å². The average molecular weight is 601 g/mol. The first kappa shape index (κ1) is 39.4. The predicted octanol–water partition coefficient (Wildman–Crippen LogP) is 6.01. The van der Waals surface area contributed by atoms with Crippen LogP contribution in [0.2, 0.25) is 0 Å². The minimum absolute atomic E-state index is 0.0385. The summed E-state index contributed by atoms with van der Waals surface area (Å²) in [5, 5.41) is 23.6. The predicted molar refractivity (Wildman–Crippen MR) is 167 cm³/mol. The second kappa shape index (κ2) is 27.3. The maximum absolute atomic E-state index is 12.6. The molecule has 0 aliphatic carbocycles. The largest absolute Gasteiger partial charge is 0.472 e. The van der Waals surface area contributed by atoms with E-state index in [1.807, 2.05) is 13.0 Å². The minimum atomic E-state index is -4.39. The molecule has 238 valence electrons. The number of nitrogens with one attached hydrogen (secondary N) is 1. The summed E-state index contributed by atoms with van der Waals surface area (Å²) in [5.41, 5.74) is 5.30. The van der Waals surface area contributed by atoms with Gasteiger partial charge in [-0.25, -0.2) is 4.57 Å². The second-order valence-electron chi connectivity index (χ2n) is 10.1. The molecule has 1 amide bonds. The van der Waals surface area contributed by atoms with Gasteiger partial charge in [0.05, 0.1) is 37.9 Å². The van der Waals surface area contributed by atoms with Gasteiger partial charge in [-0.2, -0.15) is 0 Å². The van der Waals surface area contributed by atoms with Crippen LogP contribution in [0.4, 0.5) is 0 Å². The van der Waals surface area contributed by atoms with Crippen LogP contribution in [-0.2, 0) is 18.4 Å². The van der Waals surface area contributed by atoms with Crippen LogP contribution in [-0.4, -0.2) is 59.0 Å². The molecule has 0 rings (SSSR count). The highest BCUT2D eigenvalue weighted by Gasteiger charge is 2.27. The van der Waals surface area contributed by atoms with Crippen LogP contribution < -0.4 is 11.1 Å². The number of nitrogens with two attached hydrogens (primary N) is 1. The van der Waals surface area contributed by atoms with Gasteiger partial charge in [-0.15, -0.1) is 0 Å². The fraction of sp³-hybridized carbons (Fsp3) is 0.710. The van der Waals surface area contributed by atoms with Gasteiger partial charge in [-0.3, -0.25) is 13.8 Å². The molecule has 10 heteroatoms. The Hall–Kier alpha value is -1.58. The molecule has 6 N–H and O–H groups in total.